The number of benzene rings is 1. The minimum Gasteiger partial charge on any atom is -0.337 e. The third-order valence-corrected chi connectivity index (χ3v) is 6.09. The molecular weight excluding hydrogens is 400 g/mol. The van der Waals surface area contributed by atoms with Gasteiger partial charge in [0.1, 0.15) is 0 Å². The molecule has 0 spiro atoms. The van der Waals surface area contributed by atoms with Crippen LogP contribution in [0.2, 0.25) is 0 Å². The number of carbonyl (C=O) groups excluding carboxylic acids is 1. The molecule has 3 heterocycles. The molecule has 1 saturated heterocycles. The number of hydrogen-bond donors (Lipinski definition) is 0. The van der Waals surface area contributed by atoms with Gasteiger partial charge in [-0.25, -0.2) is 19.9 Å². The molecule has 0 N–H and O–H groups in total. The fourth-order valence-electron chi connectivity index (χ4n) is 4.44. The van der Waals surface area contributed by atoms with Crippen LogP contribution in [0.1, 0.15) is 33.7 Å². The van der Waals surface area contributed by atoms with Gasteiger partial charge < -0.3 is 9.80 Å². The standard InChI is InChI=1S/C25H26N6O/c1-18-23-21(16-20(17-22(23)32)9-8-19-6-3-2-4-7-19)29-25(28-18)31-14-12-30(13-15-31)24-26-10-5-11-27-24/h2-11,20H,12-17H2,1H3/b9-8+. The zero-order valence-corrected chi connectivity index (χ0v) is 18.2. The van der Waals surface area contributed by atoms with E-state index < -0.39 is 0 Å². The van der Waals surface area contributed by atoms with Crippen LogP contribution in [0.25, 0.3) is 6.08 Å². The molecule has 1 aliphatic heterocycles. The third-order valence-electron chi connectivity index (χ3n) is 6.09. The molecule has 1 atom stereocenters. The number of fused-ring (bicyclic) bond motifs is 1. The Balaban J connectivity index is 1.32. The first-order chi connectivity index (χ1) is 15.7. The monoisotopic (exact) mass is 426 g/mol. The number of aryl methyl sites for hydroxylation is 1. The highest BCUT2D eigenvalue weighted by molar-refractivity contribution is 5.99. The second-order valence-electron chi connectivity index (χ2n) is 8.31. The zero-order valence-electron chi connectivity index (χ0n) is 18.2. The van der Waals surface area contributed by atoms with Gasteiger partial charge in [0.2, 0.25) is 11.9 Å². The second kappa shape index (κ2) is 8.86. The van der Waals surface area contributed by atoms with Crippen molar-refractivity contribution < 1.29 is 4.79 Å². The molecule has 2 aliphatic rings. The van der Waals surface area contributed by atoms with Crippen LogP contribution in [-0.2, 0) is 6.42 Å². The van der Waals surface area contributed by atoms with Gasteiger partial charge in [0.05, 0.1) is 17.0 Å². The van der Waals surface area contributed by atoms with E-state index in [0.717, 1.165) is 67.0 Å². The van der Waals surface area contributed by atoms with Crippen LogP contribution in [-0.4, -0.2) is 51.9 Å². The average Bonchev–Trinajstić information content (AvgIpc) is 2.83. The van der Waals surface area contributed by atoms with E-state index in [4.69, 9.17) is 9.97 Å². The molecule has 0 radical (unpaired) electrons. The quantitative estimate of drug-likeness (QED) is 0.633. The Hall–Kier alpha value is -3.61. The van der Waals surface area contributed by atoms with Gasteiger partial charge in [0.25, 0.3) is 0 Å². The summed E-state index contributed by atoms with van der Waals surface area (Å²) < 4.78 is 0. The highest BCUT2D eigenvalue weighted by atomic mass is 16.1. The molecule has 0 amide bonds. The van der Waals surface area contributed by atoms with Crippen molar-refractivity contribution in [2.24, 2.45) is 5.92 Å². The smallest absolute Gasteiger partial charge is 0.225 e. The summed E-state index contributed by atoms with van der Waals surface area (Å²) in [5.41, 5.74) is 3.52. The predicted octanol–water partition coefficient (Wildman–Crippen LogP) is 3.36. The van der Waals surface area contributed by atoms with Crippen molar-refractivity contribution in [1.29, 1.82) is 0 Å². The lowest BCUT2D eigenvalue weighted by Crippen LogP contribution is -2.48. The summed E-state index contributed by atoms with van der Waals surface area (Å²) >= 11 is 0. The number of anilines is 2. The van der Waals surface area contributed by atoms with E-state index in [1.807, 2.05) is 31.2 Å². The SMILES string of the molecule is Cc1nc(N2CCN(c3ncccn3)CC2)nc2c1C(=O)CC(/C=C/c1ccccc1)C2. The minimum absolute atomic E-state index is 0.143. The summed E-state index contributed by atoms with van der Waals surface area (Å²) in [5.74, 6) is 1.78. The van der Waals surface area contributed by atoms with Crippen molar-refractivity contribution in [3.63, 3.8) is 0 Å². The lowest BCUT2D eigenvalue weighted by Gasteiger charge is -2.35. The number of ketones is 1. The predicted molar refractivity (Wildman–Crippen MR) is 125 cm³/mol. The Morgan fingerprint density at radius 3 is 2.28 bits per heavy atom. The number of Topliss-reactive ketones (excluding diaryl/α,β-unsaturated/α-hetero) is 1. The number of aromatic nitrogens is 4. The van der Waals surface area contributed by atoms with E-state index in [1.165, 1.54) is 0 Å². The average molecular weight is 427 g/mol. The molecule has 7 heteroatoms. The fourth-order valence-corrected chi connectivity index (χ4v) is 4.44. The number of hydrogen-bond acceptors (Lipinski definition) is 7. The van der Waals surface area contributed by atoms with Crippen LogP contribution >= 0.6 is 0 Å². The normalized spacial score (nSPS) is 18.8. The van der Waals surface area contributed by atoms with Crippen molar-refractivity contribution in [3.05, 3.63) is 77.4 Å². The van der Waals surface area contributed by atoms with Gasteiger partial charge in [-0.1, -0.05) is 42.5 Å². The Morgan fingerprint density at radius 2 is 1.56 bits per heavy atom. The molecule has 32 heavy (non-hydrogen) atoms. The van der Waals surface area contributed by atoms with E-state index in [9.17, 15) is 4.79 Å². The highest BCUT2D eigenvalue weighted by Crippen LogP contribution is 2.29. The summed E-state index contributed by atoms with van der Waals surface area (Å²) in [6.45, 7) is 5.13. The van der Waals surface area contributed by atoms with Crippen LogP contribution in [0.15, 0.2) is 54.9 Å². The summed E-state index contributed by atoms with van der Waals surface area (Å²) in [6.07, 6.45) is 9.05. The lowest BCUT2D eigenvalue weighted by atomic mass is 9.85. The second-order valence-corrected chi connectivity index (χ2v) is 8.31. The summed E-state index contributed by atoms with van der Waals surface area (Å²) in [7, 11) is 0. The summed E-state index contributed by atoms with van der Waals surface area (Å²) in [5, 5.41) is 0. The third kappa shape index (κ3) is 4.23. The van der Waals surface area contributed by atoms with Crippen LogP contribution < -0.4 is 9.80 Å². The lowest BCUT2D eigenvalue weighted by molar-refractivity contribution is 0.0956. The molecule has 1 aliphatic carbocycles. The van der Waals surface area contributed by atoms with Gasteiger partial charge in [-0.3, -0.25) is 4.79 Å². The van der Waals surface area contributed by atoms with E-state index in [1.54, 1.807) is 12.4 Å². The Bertz CT molecular complexity index is 1120. The molecule has 1 aromatic carbocycles. The van der Waals surface area contributed by atoms with Gasteiger partial charge in [-0.05, 0) is 30.9 Å². The highest BCUT2D eigenvalue weighted by Gasteiger charge is 2.29. The molecule has 162 valence electrons. The van der Waals surface area contributed by atoms with Crippen LogP contribution in [0.5, 0.6) is 0 Å². The van der Waals surface area contributed by atoms with Crippen LogP contribution in [0, 0.1) is 12.8 Å². The topological polar surface area (TPSA) is 75.1 Å². The van der Waals surface area contributed by atoms with E-state index >= 15 is 0 Å². The Kier molecular flexibility index (Phi) is 5.62. The summed E-state index contributed by atoms with van der Waals surface area (Å²) in [4.78, 5) is 35.5. The van der Waals surface area contributed by atoms with Crippen molar-refractivity contribution in [3.8, 4) is 0 Å². The van der Waals surface area contributed by atoms with E-state index in [0.29, 0.717) is 6.42 Å². The largest absolute Gasteiger partial charge is 0.337 e. The van der Waals surface area contributed by atoms with Crippen LogP contribution in [0.4, 0.5) is 11.9 Å². The number of piperazine rings is 1. The first-order valence-corrected chi connectivity index (χ1v) is 11.1. The molecule has 7 nitrogen and oxygen atoms in total. The molecule has 3 aromatic rings. The molecule has 0 saturated carbocycles. The minimum atomic E-state index is 0.143. The molecule has 1 fully saturated rings. The maximum atomic E-state index is 12.9. The zero-order chi connectivity index (χ0) is 21.9. The maximum absolute atomic E-state index is 12.9. The first kappa shape index (κ1) is 20.3. The van der Waals surface area contributed by atoms with E-state index in [-0.39, 0.29) is 11.7 Å². The molecule has 2 aromatic heterocycles. The number of rotatable bonds is 4. The van der Waals surface area contributed by atoms with Gasteiger partial charge in [-0.15, -0.1) is 0 Å². The molecule has 0 bridgehead atoms. The van der Waals surface area contributed by atoms with Crippen molar-refractivity contribution >= 4 is 23.8 Å². The van der Waals surface area contributed by atoms with Crippen molar-refractivity contribution in [2.45, 2.75) is 19.8 Å². The number of nitrogens with zero attached hydrogens (tertiary/aromatic N) is 6. The van der Waals surface area contributed by atoms with Gasteiger partial charge in [0, 0.05) is 45.0 Å². The molecule has 5 rings (SSSR count). The molecular formula is C25H26N6O. The fraction of sp³-hybridized carbons (Fsp3) is 0.320. The Morgan fingerprint density at radius 1 is 0.875 bits per heavy atom. The van der Waals surface area contributed by atoms with Gasteiger partial charge >= 0.3 is 0 Å². The maximum Gasteiger partial charge on any atom is 0.225 e. The van der Waals surface area contributed by atoms with Crippen molar-refractivity contribution in [1.82, 2.24) is 19.9 Å². The van der Waals surface area contributed by atoms with Crippen molar-refractivity contribution in [2.75, 3.05) is 36.0 Å². The van der Waals surface area contributed by atoms with E-state index in [2.05, 4.69) is 44.1 Å². The number of carbonyl (C=O) groups is 1. The Labute approximate surface area is 187 Å². The molecule has 1 unspecified atom stereocenters. The first-order valence-electron chi connectivity index (χ1n) is 11.1. The van der Waals surface area contributed by atoms with Crippen LogP contribution in [0.3, 0.4) is 0 Å². The van der Waals surface area contributed by atoms with Gasteiger partial charge in [0.15, 0.2) is 5.78 Å². The number of allylic oxidation sites excluding steroid dienone is 1. The van der Waals surface area contributed by atoms with Gasteiger partial charge in [-0.2, -0.15) is 0 Å². The summed E-state index contributed by atoms with van der Waals surface area (Å²) in [6, 6.07) is 12.0.